The summed E-state index contributed by atoms with van der Waals surface area (Å²) in [4.78, 5) is 11.2. The van der Waals surface area contributed by atoms with E-state index in [9.17, 15) is 9.90 Å². The lowest BCUT2D eigenvalue weighted by Crippen LogP contribution is -2.13. The van der Waals surface area contributed by atoms with Gasteiger partial charge in [-0.25, -0.2) is 0 Å². The molecule has 1 N–H and O–H groups in total. The summed E-state index contributed by atoms with van der Waals surface area (Å²) in [5.41, 5.74) is 0.940. The van der Waals surface area contributed by atoms with Crippen molar-refractivity contribution in [3.8, 4) is 11.5 Å². The summed E-state index contributed by atoms with van der Waals surface area (Å²) >= 11 is 6.45. The molecule has 23 heavy (non-hydrogen) atoms. The van der Waals surface area contributed by atoms with E-state index in [0.717, 1.165) is 31.2 Å². The van der Waals surface area contributed by atoms with Crippen molar-refractivity contribution >= 4 is 17.6 Å². The number of carboxylic acids is 1. The predicted molar refractivity (Wildman–Crippen MR) is 88.6 cm³/mol. The zero-order chi connectivity index (χ0) is 16.4. The highest BCUT2D eigenvalue weighted by atomic mass is 35.5. The maximum atomic E-state index is 11.2. The number of halogens is 1. The van der Waals surface area contributed by atoms with Gasteiger partial charge in [0.25, 0.3) is 0 Å². The monoisotopic (exact) mass is 338 g/mol. The third kappa shape index (κ3) is 3.92. The first-order valence-corrected chi connectivity index (χ1v) is 8.72. The quantitative estimate of drug-likeness (QED) is 0.787. The lowest BCUT2D eigenvalue weighted by atomic mass is 9.90. The maximum Gasteiger partial charge on any atom is 0.303 e. The van der Waals surface area contributed by atoms with Crippen LogP contribution in [-0.2, 0) is 4.79 Å². The summed E-state index contributed by atoms with van der Waals surface area (Å²) < 4.78 is 11.5. The summed E-state index contributed by atoms with van der Waals surface area (Å²) in [5, 5.41) is 9.69. The molecule has 126 valence electrons. The molecule has 0 bridgehead atoms. The van der Waals surface area contributed by atoms with Crippen molar-refractivity contribution in [1.82, 2.24) is 0 Å². The Morgan fingerprint density at radius 1 is 1.30 bits per heavy atom. The zero-order valence-corrected chi connectivity index (χ0v) is 14.1. The van der Waals surface area contributed by atoms with Gasteiger partial charge >= 0.3 is 5.97 Å². The Balaban J connectivity index is 1.87. The van der Waals surface area contributed by atoms with Crippen LogP contribution in [0.4, 0.5) is 0 Å². The van der Waals surface area contributed by atoms with Gasteiger partial charge in [0.05, 0.1) is 24.7 Å². The summed E-state index contributed by atoms with van der Waals surface area (Å²) in [6.07, 6.45) is 6.96. The lowest BCUT2D eigenvalue weighted by Gasteiger charge is -2.21. The van der Waals surface area contributed by atoms with Crippen LogP contribution in [0.1, 0.15) is 56.4 Å². The van der Waals surface area contributed by atoms with Gasteiger partial charge in [0, 0.05) is 0 Å². The molecule has 1 aromatic rings. The largest absolute Gasteiger partial charge is 0.493 e. The van der Waals surface area contributed by atoms with Crippen molar-refractivity contribution in [1.29, 1.82) is 0 Å². The van der Waals surface area contributed by atoms with E-state index in [4.69, 9.17) is 21.1 Å². The number of methoxy groups -OCH3 is 1. The molecule has 2 aliphatic rings. The number of hydrogen-bond acceptors (Lipinski definition) is 3. The van der Waals surface area contributed by atoms with Crippen LogP contribution in [0.25, 0.3) is 0 Å². The highest BCUT2D eigenvalue weighted by Gasteiger charge is 2.35. The highest BCUT2D eigenvalue weighted by Crippen LogP contribution is 2.48. The van der Waals surface area contributed by atoms with Crippen LogP contribution in [-0.4, -0.2) is 24.3 Å². The number of benzene rings is 1. The van der Waals surface area contributed by atoms with Gasteiger partial charge in [0.2, 0.25) is 0 Å². The van der Waals surface area contributed by atoms with Gasteiger partial charge in [-0.3, -0.25) is 4.79 Å². The Bertz CT molecular complexity index is 577. The summed E-state index contributed by atoms with van der Waals surface area (Å²) in [6, 6.07) is 3.77. The SMILES string of the molecule is COc1cc(C(CC(=O)O)C2CC2)cc(Cl)c1OC1CCCC1. The fourth-order valence-corrected chi connectivity index (χ4v) is 3.75. The molecule has 0 aliphatic heterocycles. The van der Waals surface area contributed by atoms with Crippen LogP contribution in [0.15, 0.2) is 12.1 Å². The molecule has 2 aliphatic carbocycles. The fraction of sp³-hybridized carbons (Fsp3) is 0.611. The molecule has 0 aromatic heterocycles. The van der Waals surface area contributed by atoms with Crippen molar-refractivity contribution in [2.24, 2.45) is 5.92 Å². The highest BCUT2D eigenvalue weighted by molar-refractivity contribution is 6.32. The van der Waals surface area contributed by atoms with E-state index in [2.05, 4.69) is 0 Å². The van der Waals surface area contributed by atoms with Gasteiger partial charge in [-0.1, -0.05) is 11.6 Å². The molecule has 3 rings (SSSR count). The van der Waals surface area contributed by atoms with Gasteiger partial charge in [-0.05, 0) is 68.1 Å². The normalized spacial score (nSPS) is 19.6. The first-order valence-electron chi connectivity index (χ1n) is 8.34. The van der Waals surface area contributed by atoms with Crippen LogP contribution in [0, 0.1) is 5.92 Å². The topological polar surface area (TPSA) is 55.8 Å². The van der Waals surface area contributed by atoms with Gasteiger partial charge < -0.3 is 14.6 Å². The van der Waals surface area contributed by atoms with Crippen molar-refractivity contribution < 1.29 is 19.4 Å². The third-order valence-corrected chi connectivity index (χ3v) is 5.13. The summed E-state index contributed by atoms with van der Waals surface area (Å²) in [5.74, 6) is 0.862. The minimum absolute atomic E-state index is 0.000527. The first-order chi connectivity index (χ1) is 11.1. The minimum atomic E-state index is -0.775. The van der Waals surface area contributed by atoms with Gasteiger partial charge in [-0.2, -0.15) is 0 Å². The molecular formula is C18H23ClO4. The van der Waals surface area contributed by atoms with Gasteiger partial charge in [0.15, 0.2) is 11.5 Å². The lowest BCUT2D eigenvalue weighted by molar-refractivity contribution is -0.137. The summed E-state index contributed by atoms with van der Waals surface area (Å²) in [6.45, 7) is 0. The molecule has 0 radical (unpaired) electrons. The number of rotatable bonds is 7. The first kappa shape index (κ1) is 16.4. The maximum absolute atomic E-state index is 11.2. The van der Waals surface area contributed by atoms with Crippen molar-refractivity contribution in [2.75, 3.05) is 7.11 Å². The van der Waals surface area contributed by atoms with Crippen LogP contribution in [0.5, 0.6) is 11.5 Å². The molecule has 0 amide bonds. The molecule has 2 saturated carbocycles. The predicted octanol–water partition coefficient (Wildman–Crippen LogP) is 4.64. The van der Waals surface area contributed by atoms with Crippen LogP contribution in [0.2, 0.25) is 5.02 Å². The number of aliphatic carboxylic acids is 1. The zero-order valence-electron chi connectivity index (χ0n) is 13.4. The molecular weight excluding hydrogens is 316 g/mol. The van der Waals surface area contributed by atoms with E-state index in [0.29, 0.717) is 22.4 Å². The minimum Gasteiger partial charge on any atom is -0.493 e. The second-order valence-corrected chi connectivity index (χ2v) is 7.01. The average molecular weight is 339 g/mol. The molecule has 0 spiro atoms. The molecule has 5 heteroatoms. The van der Waals surface area contributed by atoms with E-state index in [1.165, 1.54) is 12.8 Å². The number of hydrogen-bond donors (Lipinski definition) is 1. The van der Waals surface area contributed by atoms with Crippen LogP contribution in [0.3, 0.4) is 0 Å². The van der Waals surface area contributed by atoms with Crippen molar-refractivity contribution in [3.05, 3.63) is 22.7 Å². The van der Waals surface area contributed by atoms with Gasteiger partial charge in [0.1, 0.15) is 0 Å². The van der Waals surface area contributed by atoms with E-state index in [-0.39, 0.29) is 18.4 Å². The molecule has 1 unspecified atom stereocenters. The Kier molecular flexibility index (Phi) is 5.00. The second-order valence-electron chi connectivity index (χ2n) is 6.60. The Morgan fingerprint density at radius 3 is 2.57 bits per heavy atom. The molecule has 4 nitrogen and oxygen atoms in total. The summed E-state index contributed by atoms with van der Waals surface area (Å²) in [7, 11) is 1.60. The van der Waals surface area contributed by atoms with Crippen LogP contribution >= 0.6 is 11.6 Å². The Morgan fingerprint density at radius 2 is 2.00 bits per heavy atom. The van der Waals surface area contributed by atoms with E-state index >= 15 is 0 Å². The standard InChI is InChI=1S/C18H23ClO4/c1-22-16-9-12(14(10-17(20)21)11-6-7-11)8-15(19)18(16)23-13-4-2-3-5-13/h8-9,11,13-14H,2-7,10H2,1H3,(H,20,21). The molecule has 2 fully saturated rings. The van der Waals surface area contributed by atoms with Crippen molar-refractivity contribution in [2.45, 2.75) is 57.0 Å². The van der Waals surface area contributed by atoms with E-state index in [1.54, 1.807) is 7.11 Å². The molecule has 1 atom stereocenters. The number of carbonyl (C=O) groups is 1. The van der Waals surface area contributed by atoms with E-state index in [1.807, 2.05) is 12.1 Å². The molecule has 0 heterocycles. The average Bonchev–Trinajstić information content (AvgIpc) is 3.23. The van der Waals surface area contributed by atoms with Gasteiger partial charge in [-0.15, -0.1) is 0 Å². The number of ether oxygens (including phenoxy) is 2. The van der Waals surface area contributed by atoms with E-state index < -0.39 is 5.97 Å². The fourth-order valence-electron chi connectivity index (χ4n) is 3.48. The Hall–Kier alpha value is -1.42. The third-order valence-electron chi connectivity index (χ3n) is 4.85. The Labute approximate surface area is 141 Å². The molecule has 0 saturated heterocycles. The molecule has 1 aromatic carbocycles. The van der Waals surface area contributed by atoms with Crippen molar-refractivity contribution in [3.63, 3.8) is 0 Å². The smallest absolute Gasteiger partial charge is 0.303 e. The second kappa shape index (κ2) is 7.00. The number of carboxylic acid groups (broad SMARTS) is 1. The van der Waals surface area contributed by atoms with Crippen LogP contribution < -0.4 is 9.47 Å².